The minimum atomic E-state index is -0.0213. The summed E-state index contributed by atoms with van der Waals surface area (Å²) in [5, 5.41) is 3.84. The summed E-state index contributed by atoms with van der Waals surface area (Å²) in [4.78, 5) is 28.2. The molecule has 1 aromatic carbocycles. The summed E-state index contributed by atoms with van der Waals surface area (Å²) >= 11 is 1.71. The fourth-order valence-electron chi connectivity index (χ4n) is 3.75. The van der Waals surface area contributed by atoms with E-state index in [2.05, 4.69) is 56.4 Å². The van der Waals surface area contributed by atoms with Crippen LogP contribution >= 0.6 is 11.3 Å². The Morgan fingerprint density at radius 1 is 1.20 bits per heavy atom. The molecule has 3 aromatic rings. The smallest absolute Gasteiger partial charge is 0.234 e. The Kier molecular flexibility index (Phi) is 6.26. The Bertz CT molecular complexity index is 1070. The Morgan fingerprint density at radius 2 is 2.03 bits per heavy atom. The zero-order valence-electron chi connectivity index (χ0n) is 17.1. The number of nitrogens with one attached hydrogen (secondary N) is 1. The molecule has 0 unspecified atom stereocenters. The number of carbonyl (C=O) groups is 1. The summed E-state index contributed by atoms with van der Waals surface area (Å²) in [5.41, 5.74) is 1.20. The first kappa shape index (κ1) is 20.3. The van der Waals surface area contributed by atoms with E-state index in [9.17, 15) is 4.79 Å². The lowest BCUT2D eigenvalue weighted by molar-refractivity contribution is -0.121. The standard InChI is InChI=1S/C23H25N5OS/c1-3-10-24-21(29)16-27-11-7-12-28(14-13-27)22-19-15-20(18-8-5-4-6-9-18)30-23(19)26-17(2)25-22/h1,4-6,8-9,15H,7,10-14,16H2,2H3,(H,24,29). The van der Waals surface area contributed by atoms with Gasteiger partial charge in [-0.15, -0.1) is 17.8 Å². The van der Waals surface area contributed by atoms with Gasteiger partial charge in [-0.3, -0.25) is 9.69 Å². The summed E-state index contributed by atoms with van der Waals surface area (Å²) in [5.74, 6) is 4.20. The predicted molar refractivity (Wildman–Crippen MR) is 123 cm³/mol. The van der Waals surface area contributed by atoms with Crippen molar-refractivity contribution >= 4 is 33.3 Å². The molecule has 1 amide bonds. The van der Waals surface area contributed by atoms with Crippen LogP contribution in [-0.2, 0) is 4.79 Å². The van der Waals surface area contributed by atoms with Crippen LogP contribution in [0.15, 0.2) is 36.4 Å². The number of aromatic nitrogens is 2. The molecule has 0 aliphatic carbocycles. The summed E-state index contributed by atoms with van der Waals surface area (Å²) in [7, 11) is 0. The number of terminal acetylenes is 1. The third-order valence-corrected chi connectivity index (χ3v) is 6.26. The number of anilines is 1. The van der Waals surface area contributed by atoms with Crippen molar-refractivity contribution in [3.63, 3.8) is 0 Å². The van der Waals surface area contributed by atoms with Gasteiger partial charge in [-0.1, -0.05) is 36.3 Å². The van der Waals surface area contributed by atoms with Crippen LogP contribution in [0, 0.1) is 19.3 Å². The van der Waals surface area contributed by atoms with Crippen LogP contribution in [0.25, 0.3) is 20.7 Å². The number of fused-ring (bicyclic) bond motifs is 1. The van der Waals surface area contributed by atoms with Crippen LogP contribution in [0.3, 0.4) is 0 Å². The van der Waals surface area contributed by atoms with Gasteiger partial charge in [0.05, 0.1) is 18.5 Å². The fourth-order valence-corrected chi connectivity index (χ4v) is 4.82. The van der Waals surface area contributed by atoms with Crippen LogP contribution in [0.1, 0.15) is 12.2 Å². The maximum atomic E-state index is 12.0. The second kappa shape index (κ2) is 9.24. The Balaban J connectivity index is 1.55. The van der Waals surface area contributed by atoms with Crippen molar-refractivity contribution in [3.8, 4) is 22.8 Å². The molecule has 1 aliphatic rings. The van der Waals surface area contributed by atoms with Crippen molar-refractivity contribution in [2.24, 2.45) is 0 Å². The van der Waals surface area contributed by atoms with Crippen LogP contribution in [-0.4, -0.2) is 60.0 Å². The molecule has 0 saturated carbocycles. The zero-order valence-corrected chi connectivity index (χ0v) is 17.9. The van der Waals surface area contributed by atoms with E-state index in [1.807, 2.05) is 13.0 Å². The molecular weight excluding hydrogens is 394 g/mol. The van der Waals surface area contributed by atoms with Crippen LogP contribution < -0.4 is 10.2 Å². The molecule has 1 N–H and O–H groups in total. The molecule has 7 heteroatoms. The Morgan fingerprint density at radius 3 is 2.83 bits per heavy atom. The summed E-state index contributed by atoms with van der Waals surface area (Å²) in [6.07, 6.45) is 6.19. The second-order valence-electron chi connectivity index (χ2n) is 7.39. The highest BCUT2D eigenvalue weighted by molar-refractivity contribution is 7.21. The monoisotopic (exact) mass is 419 g/mol. The first-order valence-corrected chi connectivity index (χ1v) is 11.0. The second-order valence-corrected chi connectivity index (χ2v) is 8.42. The lowest BCUT2D eigenvalue weighted by Gasteiger charge is -2.23. The predicted octanol–water partition coefficient (Wildman–Crippen LogP) is 2.93. The van der Waals surface area contributed by atoms with Crippen molar-refractivity contribution in [3.05, 3.63) is 42.2 Å². The molecule has 0 atom stereocenters. The number of carbonyl (C=O) groups excluding carboxylic acids is 1. The molecule has 30 heavy (non-hydrogen) atoms. The van der Waals surface area contributed by atoms with Crippen molar-refractivity contribution < 1.29 is 4.79 Å². The summed E-state index contributed by atoms with van der Waals surface area (Å²) < 4.78 is 0. The Hall–Kier alpha value is -2.95. The molecule has 1 fully saturated rings. The molecule has 1 aliphatic heterocycles. The van der Waals surface area contributed by atoms with Gasteiger partial charge < -0.3 is 10.2 Å². The van der Waals surface area contributed by atoms with Crippen molar-refractivity contribution in [2.45, 2.75) is 13.3 Å². The first-order valence-electron chi connectivity index (χ1n) is 10.1. The average molecular weight is 420 g/mol. The molecule has 0 spiro atoms. The van der Waals surface area contributed by atoms with E-state index in [4.69, 9.17) is 11.4 Å². The molecule has 1 saturated heterocycles. The lowest BCUT2D eigenvalue weighted by Crippen LogP contribution is -2.39. The number of nitrogens with zero attached hydrogens (tertiary/aromatic N) is 4. The van der Waals surface area contributed by atoms with Gasteiger partial charge in [-0.25, -0.2) is 9.97 Å². The molecular formula is C23H25N5OS. The average Bonchev–Trinajstić information content (AvgIpc) is 3.05. The van der Waals surface area contributed by atoms with Gasteiger partial charge >= 0.3 is 0 Å². The van der Waals surface area contributed by atoms with Gasteiger partial charge in [0.25, 0.3) is 0 Å². The van der Waals surface area contributed by atoms with E-state index in [0.717, 1.165) is 54.5 Å². The third-order valence-electron chi connectivity index (χ3n) is 5.19. The number of hydrogen-bond donors (Lipinski definition) is 1. The van der Waals surface area contributed by atoms with Crippen LogP contribution in [0.2, 0.25) is 0 Å². The highest BCUT2D eigenvalue weighted by atomic mass is 32.1. The van der Waals surface area contributed by atoms with E-state index in [0.29, 0.717) is 6.54 Å². The number of aryl methyl sites for hydroxylation is 1. The third kappa shape index (κ3) is 4.61. The number of hydrogen-bond acceptors (Lipinski definition) is 6. The first-order chi connectivity index (χ1) is 14.6. The van der Waals surface area contributed by atoms with Crippen LogP contribution in [0.4, 0.5) is 5.82 Å². The Labute approximate surface area is 180 Å². The van der Waals surface area contributed by atoms with E-state index < -0.39 is 0 Å². The van der Waals surface area contributed by atoms with Gasteiger partial charge in [-0.2, -0.15) is 0 Å². The van der Waals surface area contributed by atoms with E-state index in [1.165, 1.54) is 10.4 Å². The van der Waals surface area contributed by atoms with Gasteiger partial charge in [-0.05, 0) is 25.0 Å². The summed E-state index contributed by atoms with van der Waals surface area (Å²) in [6.45, 7) is 6.03. The minimum Gasteiger partial charge on any atom is -0.355 e. The SMILES string of the molecule is C#CCNC(=O)CN1CCCN(c2nc(C)nc3sc(-c4ccccc4)cc23)CC1. The molecule has 0 radical (unpaired) electrons. The molecule has 4 rings (SSSR count). The molecule has 154 valence electrons. The normalized spacial score (nSPS) is 15.0. The molecule has 0 bridgehead atoms. The van der Waals surface area contributed by atoms with E-state index in [-0.39, 0.29) is 12.5 Å². The lowest BCUT2D eigenvalue weighted by atomic mass is 10.2. The van der Waals surface area contributed by atoms with Gasteiger partial charge in [0.1, 0.15) is 16.5 Å². The van der Waals surface area contributed by atoms with Crippen molar-refractivity contribution in [2.75, 3.05) is 44.2 Å². The van der Waals surface area contributed by atoms with Crippen molar-refractivity contribution in [1.29, 1.82) is 0 Å². The molecule has 2 aromatic heterocycles. The quantitative estimate of drug-likeness (QED) is 0.645. The highest BCUT2D eigenvalue weighted by Crippen LogP contribution is 2.36. The topological polar surface area (TPSA) is 61.4 Å². The van der Waals surface area contributed by atoms with Gasteiger partial charge in [0.15, 0.2) is 0 Å². The summed E-state index contributed by atoms with van der Waals surface area (Å²) in [6, 6.07) is 12.6. The number of thiophene rings is 1. The van der Waals surface area contributed by atoms with Gasteiger partial charge in [0, 0.05) is 31.1 Å². The molecule has 3 heterocycles. The highest BCUT2D eigenvalue weighted by Gasteiger charge is 2.21. The number of rotatable bonds is 5. The maximum absolute atomic E-state index is 12.0. The largest absolute Gasteiger partial charge is 0.355 e. The fraction of sp³-hybridized carbons (Fsp3) is 0.348. The molecule has 6 nitrogen and oxygen atoms in total. The van der Waals surface area contributed by atoms with Crippen LogP contribution in [0.5, 0.6) is 0 Å². The number of benzene rings is 1. The zero-order chi connectivity index (χ0) is 20.9. The van der Waals surface area contributed by atoms with Crippen molar-refractivity contribution in [1.82, 2.24) is 20.2 Å². The van der Waals surface area contributed by atoms with E-state index in [1.54, 1.807) is 11.3 Å². The van der Waals surface area contributed by atoms with E-state index >= 15 is 0 Å². The number of amides is 1. The maximum Gasteiger partial charge on any atom is 0.234 e. The van der Waals surface area contributed by atoms with Gasteiger partial charge in [0.2, 0.25) is 5.91 Å². The minimum absolute atomic E-state index is 0.0213.